The highest BCUT2D eigenvalue weighted by molar-refractivity contribution is 7.40. The molecule has 0 saturated heterocycles. The van der Waals surface area contributed by atoms with Crippen LogP contribution in [0.5, 0.6) is 0 Å². The summed E-state index contributed by atoms with van der Waals surface area (Å²) >= 11 is 3.97. The highest BCUT2D eigenvalue weighted by atomic mass is 32.1. The second-order valence-corrected chi connectivity index (χ2v) is 26.1. The van der Waals surface area contributed by atoms with Gasteiger partial charge in [-0.15, -0.1) is 22.7 Å². The van der Waals surface area contributed by atoms with E-state index in [1.54, 1.807) is 0 Å². The largest absolute Gasteiger partial charge is 0.456 e. The van der Waals surface area contributed by atoms with Gasteiger partial charge in [0.25, 0.3) is 6.71 Å². The molecule has 0 radical (unpaired) electrons. The first-order valence-corrected chi connectivity index (χ1v) is 27.5. The Bertz CT molecular complexity index is 3800. The predicted octanol–water partition coefficient (Wildman–Crippen LogP) is 18.2. The summed E-state index contributed by atoms with van der Waals surface area (Å²) in [4.78, 5) is 5.39. The van der Waals surface area contributed by atoms with Gasteiger partial charge in [0.15, 0.2) is 0 Å². The maximum Gasteiger partial charge on any atom is 0.277 e. The summed E-state index contributed by atoms with van der Waals surface area (Å²) in [7, 11) is 0. The third-order valence-corrected chi connectivity index (χ3v) is 18.4. The quantitative estimate of drug-likeness (QED) is 0.165. The zero-order valence-corrected chi connectivity index (χ0v) is 45.9. The summed E-state index contributed by atoms with van der Waals surface area (Å²) in [6, 6.07) is 50.0. The van der Waals surface area contributed by atoms with Crippen LogP contribution < -0.4 is 24.8 Å². The molecule has 0 spiro atoms. The van der Waals surface area contributed by atoms with Crippen LogP contribution in [0.3, 0.4) is 0 Å². The average molecular weight is 989 g/mol. The van der Waals surface area contributed by atoms with E-state index >= 15 is 0 Å². The lowest BCUT2D eigenvalue weighted by Crippen LogP contribution is -2.59. The zero-order chi connectivity index (χ0) is 50.8. The summed E-state index contributed by atoms with van der Waals surface area (Å²) in [6.07, 6.45) is 0. The van der Waals surface area contributed by atoms with Gasteiger partial charge in [-0.25, -0.2) is 0 Å². The monoisotopic (exact) mass is 988 g/mol. The van der Waals surface area contributed by atoms with Gasteiger partial charge in [-0.1, -0.05) is 135 Å². The highest BCUT2D eigenvalue weighted by Gasteiger charge is 2.49. The van der Waals surface area contributed by atoms with Gasteiger partial charge < -0.3 is 18.6 Å². The van der Waals surface area contributed by atoms with Gasteiger partial charge in [0.1, 0.15) is 22.7 Å². The molecule has 0 unspecified atom stereocenters. The molecule has 7 aromatic carbocycles. The molecule has 13 rings (SSSR count). The molecule has 0 amide bonds. The third-order valence-electron chi connectivity index (χ3n) is 15.9. The van der Waals surface area contributed by atoms with Crippen molar-refractivity contribution in [2.75, 3.05) is 9.80 Å². The van der Waals surface area contributed by atoms with E-state index in [0.29, 0.717) is 0 Å². The minimum Gasteiger partial charge on any atom is -0.456 e. The smallest absolute Gasteiger partial charge is 0.277 e. The molecule has 362 valence electrons. The van der Waals surface area contributed by atoms with Crippen molar-refractivity contribution in [3.05, 3.63) is 172 Å². The first-order chi connectivity index (χ1) is 34.7. The third kappa shape index (κ3) is 6.98. The standard InChI is InChI=1S/C66H61BN2O2S2/c1-36-22-26-45(53-30-40-18-14-16-20-51(40)70-53)38(3)58(36)68-49-34-44(66(11,12)13)35-50-57(49)67(62-60(68)47-32-42(64(5,6)7)24-28-55(47)72-62)63-61(48-33-43(65(8,9)10)25-29-56(48)73-63)69(50)59-37(2)23-27-46(39(59)4)54-31-41-19-15-17-21-52(41)71-54/h14-35H,1-13H3. The molecule has 2 aliphatic rings. The topological polar surface area (TPSA) is 32.8 Å². The van der Waals surface area contributed by atoms with Crippen LogP contribution in [-0.4, -0.2) is 6.71 Å². The molecule has 11 aromatic rings. The van der Waals surface area contributed by atoms with Crippen LogP contribution in [0.15, 0.2) is 142 Å². The lowest BCUT2D eigenvalue weighted by molar-refractivity contribution is 0.590. The van der Waals surface area contributed by atoms with Gasteiger partial charge in [0, 0.05) is 63.0 Å². The van der Waals surface area contributed by atoms with E-state index in [2.05, 4.69) is 233 Å². The molecular formula is C66H61BN2O2S2. The minimum atomic E-state index is -0.189. The number of hydrogen-bond acceptors (Lipinski definition) is 6. The van der Waals surface area contributed by atoms with Crippen LogP contribution >= 0.6 is 22.7 Å². The number of fused-ring (bicyclic) bond motifs is 10. The Morgan fingerprint density at radius 1 is 0.425 bits per heavy atom. The van der Waals surface area contributed by atoms with Crippen molar-refractivity contribution in [1.82, 2.24) is 0 Å². The lowest BCUT2D eigenvalue weighted by atomic mass is 9.39. The van der Waals surface area contributed by atoms with Gasteiger partial charge in [-0.3, -0.25) is 0 Å². The fourth-order valence-electron chi connectivity index (χ4n) is 11.9. The van der Waals surface area contributed by atoms with E-state index < -0.39 is 0 Å². The van der Waals surface area contributed by atoms with E-state index in [1.807, 2.05) is 22.7 Å². The van der Waals surface area contributed by atoms with Crippen LogP contribution in [0.2, 0.25) is 0 Å². The highest BCUT2D eigenvalue weighted by Crippen LogP contribution is 2.55. The van der Waals surface area contributed by atoms with Crippen molar-refractivity contribution in [2.24, 2.45) is 0 Å². The number of benzene rings is 7. The molecule has 0 aliphatic carbocycles. The predicted molar refractivity (Wildman–Crippen MR) is 317 cm³/mol. The molecule has 0 saturated carbocycles. The van der Waals surface area contributed by atoms with Crippen LogP contribution in [-0.2, 0) is 16.2 Å². The maximum atomic E-state index is 6.70. The second-order valence-electron chi connectivity index (χ2n) is 23.9. The molecular weight excluding hydrogens is 928 g/mol. The Hall–Kier alpha value is -6.80. The molecule has 0 N–H and O–H groups in total. The van der Waals surface area contributed by atoms with E-state index in [1.165, 1.54) is 108 Å². The Morgan fingerprint density at radius 2 is 0.836 bits per heavy atom. The number of thiophene rings is 2. The number of rotatable bonds is 4. The van der Waals surface area contributed by atoms with Crippen LogP contribution in [0.25, 0.3) is 64.8 Å². The Balaban J connectivity index is 1.18. The number of furan rings is 2. The second kappa shape index (κ2) is 15.9. The molecule has 4 aromatic heterocycles. The van der Waals surface area contributed by atoms with E-state index in [9.17, 15) is 0 Å². The number of anilines is 6. The Kier molecular flexibility index (Phi) is 10.00. The molecule has 0 bridgehead atoms. The van der Waals surface area contributed by atoms with Crippen LogP contribution in [0.4, 0.5) is 34.1 Å². The fourth-order valence-corrected chi connectivity index (χ4v) is 14.6. The van der Waals surface area contributed by atoms with Crippen LogP contribution in [0, 0.1) is 27.7 Å². The van der Waals surface area contributed by atoms with Crippen molar-refractivity contribution in [2.45, 2.75) is 106 Å². The molecule has 6 heterocycles. The minimum absolute atomic E-state index is 0.0131. The summed E-state index contributed by atoms with van der Waals surface area (Å²) in [5.74, 6) is 1.77. The fraction of sp³-hybridized carbons (Fsp3) is 0.242. The van der Waals surface area contributed by atoms with Crippen molar-refractivity contribution in [1.29, 1.82) is 0 Å². The van der Waals surface area contributed by atoms with Crippen molar-refractivity contribution in [3.8, 4) is 22.6 Å². The first kappa shape index (κ1) is 46.0. The molecule has 2 aliphatic heterocycles. The summed E-state index contributed by atoms with van der Waals surface area (Å²) < 4.78 is 18.8. The van der Waals surface area contributed by atoms with Gasteiger partial charge in [-0.05, 0) is 149 Å². The van der Waals surface area contributed by atoms with Crippen molar-refractivity contribution < 1.29 is 8.83 Å². The van der Waals surface area contributed by atoms with Crippen molar-refractivity contribution in [3.63, 3.8) is 0 Å². The van der Waals surface area contributed by atoms with Gasteiger partial charge >= 0.3 is 0 Å². The average Bonchev–Trinajstić information content (AvgIpc) is 4.14. The number of aryl methyl sites for hydroxylation is 2. The molecule has 7 heteroatoms. The molecule has 73 heavy (non-hydrogen) atoms. The Labute approximate surface area is 438 Å². The first-order valence-electron chi connectivity index (χ1n) is 25.9. The van der Waals surface area contributed by atoms with Crippen LogP contribution in [0.1, 0.15) is 101 Å². The van der Waals surface area contributed by atoms with Gasteiger partial charge in [0.2, 0.25) is 0 Å². The number of nitrogens with zero attached hydrogens (tertiary/aromatic N) is 2. The van der Waals surface area contributed by atoms with Gasteiger partial charge in [-0.2, -0.15) is 0 Å². The van der Waals surface area contributed by atoms with E-state index in [4.69, 9.17) is 8.83 Å². The molecule has 0 atom stereocenters. The van der Waals surface area contributed by atoms with E-state index in [-0.39, 0.29) is 23.0 Å². The maximum absolute atomic E-state index is 6.70. The normalized spacial score (nSPS) is 13.7. The van der Waals surface area contributed by atoms with E-state index in [0.717, 1.165) is 44.6 Å². The molecule has 4 nitrogen and oxygen atoms in total. The number of para-hydroxylation sites is 2. The summed E-state index contributed by atoms with van der Waals surface area (Å²) in [5, 5.41) is 4.83. The Morgan fingerprint density at radius 3 is 1.23 bits per heavy atom. The SMILES string of the molecule is Cc1ccc(-c2cc3ccccc3o2)c(C)c1N1c2cc(C(C)(C)C)cc3c2B(c2sc4ccc(C(C)(C)C)cc4c21)c1sc2ccc(C(C)(C)C)cc2c1N3c1c(C)ccc(-c2cc3ccccc3o2)c1C. The zero-order valence-electron chi connectivity index (χ0n) is 44.3. The summed E-state index contributed by atoms with van der Waals surface area (Å²) in [6.45, 7) is 30.4. The molecule has 0 fully saturated rings. The lowest BCUT2D eigenvalue weighted by Gasteiger charge is -2.44. The number of hydrogen-bond donors (Lipinski definition) is 0. The summed E-state index contributed by atoms with van der Waals surface area (Å²) in [5.41, 5.74) is 21.3. The van der Waals surface area contributed by atoms with Crippen molar-refractivity contribution >= 4 is 121 Å². The van der Waals surface area contributed by atoms with Gasteiger partial charge in [0.05, 0.1) is 22.7 Å².